The van der Waals surface area contributed by atoms with Crippen LogP contribution in [0.1, 0.15) is 69.9 Å². The summed E-state index contributed by atoms with van der Waals surface area (Å²) >= 11 is 0. The molecule has 3 aliphatic carbocycles. The molecule has 2 saturated carbocycles. The Labute approximate surface area is 228 Å². The van der Waals surface area contributed by atoms with Crippen LogP contribution in [0.5, 0.6) is 0 Å². The fraction of sp³-hybridized carbons (Fsp3) is 0.529. The first kappa shape index (κ1) is 25.4. The molecule has 2 aromatic carbocycles. The Hall–Kier alpha value is -2.88. The molecule has 2 aromatic rings. The van der Waals surface area contributed by atoms with Crippen molar-refractivity contribution in [3.63, 3.8) is 0 Å². The molecule has 0 radical (unpaired) electrons. The highest BCUT2D eigenvalue weighted by atomic mass is 16.2. The number of carbonyl (C=O) groups is 2. The predicted molar refractivity (Wildman–Crippen MR) is 150 cm³/mol. The Morgan fingerprint density at radius 3 is 2.18 bits per heavy atom. The van der Waals surface area contributed by atoms with Gasteiger partial charge in [0.25, 0.3) is 0 Å². The van der Waals surface area contributed by atoms with Crippen LogP contribution in [-0.4, -0.2) is 28.7 Å². The van der Waals surface area contributed by atoms with Crippen LogP contribution in [0.25, 0.3) is 0 Å². The molecule has 200 valence electrons. The van der Waals surface area contributed by atoms with Gasteiger partial charge in [-0.15, -0.1) is 0 Å². The summed E-state index contributed by atoms with van der Waals surface area (Å²) < 4.78 is 0. The van der Waals surface area contributed by atoms with E-state index >= 15 is 0 Å². The van der Waals surface area contributed by atoms with Crippen molar-refractivity contribution < 1.29 is 9.59 Å². The number of carbonyl (C=O) groups excluding carboxylic acids is 2. The first-order valence-electron chi connectivity index (χ1n) is 14.6. The highest BCUT2D eigenvalue weighted by molar-refractivity contribution is 6.01. The van der Waals surface area contributed by atoms with Gasteiger partial charge in [0.15, 0.2) is 0 Å². The van der Waals surface area contributed by atoms with Crippen molar-refractivity contribution in [2.45, 2.75) is 71.9 Å². The maximum atomic E-state index is 14.3. The molecule has 1 saturated heterocycles. The van der Waals surface area contributed by atoms with Crippen molar-refractivity contribution >= 4 is 11.8 Å². The molecule has 0 N–H and O–H groups in total. The maximum absolute atomic E-state index is 14.3. The Morgan fingerprint density at radius 2 is 1.55 bits per heavy atom. The van der Waals surface area contributed by atoms with Crippen LogP contribution in [-0.2, 0) is 22.7 Å². The molecule has 4 nitrogen and oxygen atoms in total. The monoisotopic (exact) mass is 510 g/mol. The second-order valence-corrected chi connectivity index (χ2v) is 13.0. The SMILES string of the molecule is CN1C(=O)C(C(=O)N(Cc2ccccc2)Cc2ccccc2)C[C@@]2(C)C1=CC[C@@H]1[C@H]2CC[C@]2(C)CCC[C@@H]12. The van der Waals surface area contributed by atoms with Gasteiger partial charge < -0.3 is 9.80 Å². The van der Waals surface area contributed by atoms with E-state index < -0.39 is 5.92 Å². The van der Waals surface area contributed by atoms with Gasteiger partial charge >= 0.3 is 0 Å². The number of benzene rings is 2. The molecule has 0 bridgehead atoms. The number of fused-ring (bicyclic) bond motifs is 5. The summed E-state index contributed by atoms with van der Waals surface area (Å²) in [6.07, 6.45) is 10.6. The molecule has 3 fully saturated rings. The van der Waals surface area contributed by atoms with E-state index in [2.05, 4.69) is 44.2 Å². The molecule has 4 heteroatoms. The lowest BCUT2D eigenvalue weighted by Crippen LogP contribution is -2.57. The summed E-state index contributed by atoms with van der Waals surface area (Å²) in [5.41, 5.74) is 3.70. The Balaban J connectivity index is 1.31. The first-order valence-corrected chi connectivity index (χ1v) is 14.6. The van der Waals surface area contributed by atoms with Gasteiger partial charge in [-0.2, -0.15) is 0 Å². The van der Waals surface area contributed by atoms with Crippen LogP contribution in [0.2, 0.25) is 0 Å². The summed E-state index contributed by atoms with van der Waals surface area (Å²) in [5.74, 6) is 1.29. The lowest BCUT2D eigenvalue weighted by molar-refractivity contribution is -0.154. The lowest BCUT2D eigenvalue weighted by atomic mass is 9.49. The van der Waals surface area contributed by atoms with E-state index in [1.54, 1.807) is 0 Å². The van der Waals surface area contributed by atoms with E-state index in [0.29, 0.717) is 36.8 Å². The summed E-state index contributed by atoms with van der Waals surface area (Å²) in [5, 5.41) is 0. The quantitative estimate of drug-likeness (QED) is 0.414. The van der Waals surface area contributed by atoms with Crippen LogP contribution in [0.4, 0.5) is 0 Å². The summed E-state index contributed by atoms with van der Waals surface area (Å²) in [4.78, 5) is 31.9. The minimum Gasteiger partial charge on any atom is -0.333 e. The van der Waals surface area contributed by atoms with Crippen molar-refractivity contribution in [2.75, 3.05) is 7.05 Å². The average Bonchev–Trinajstić information content (AvgIpc) is 3.33. The highest BCUT2D eigenvalue weighted by Crippen LogP contribution is 2.64. The zero-order valence-corrected chi connectivity index (χ0v) is 23.2. The largest absolute Gasteiger partial charge is 0.333 e. The molecule has 2 amide bonds. The molecule has 4 aliphatic rings. The van der Waals surface area contributed by atoms with Gasteiger partial charge in [0, 0.05) is 31.2 Å². The van der Waals surface area contributed by atoms with E-state index in [9.17, 15) is 9.59 Å². The van der Waals surface area contributed by atoms with Crippen molar-refractivity contribution in [1.29, 1.82) is 0 Å². The van der Waals surface area contributed by atoms with Crippen molar-refractivity contribution in [2.24, 2.45) is 34.5 Å². The van der Waals surface area contributed by atoms with Gasteiger partial charge in [0.05, 0.1) is 0 Å². The van der Waals surface area contributed by atoms with E-state index in [-0.39, 0.29) is 17.2 Å². The van der Waals surface area contributed by atoms with Gasteiger partial charge in [0.2, 0.25) is 11.8 Å². The van der Waals surface area contributed by atoms with Crippen LogP contribution in [0, 0.1) is 34.5 Å². The van der Waals surface area contributed by atoms with Crippen LogP contribution < -0.4 is 0 Å². The second kappa shape index (κ2) is 9.70. The van der Waals surface area contributed by atoms with Crippen molar-refractivity contribution in [3.05, 3.63) is 83.6 Å². The molecule has 6 atom stereocenters. The van der Waals surface area contributed by atoms with Crippen molar-refractivity contribution in [3.8, 4) is 0 Å². The minimum absolute atomic E-state index is 0.0292. The normalized spacial score (nSPS) is 34.1. The van der Waals surface area contributed by atoms with Gasteiger partial charge in [-0.1, -0.05) is 87.0 Å². The average molecular weight is 511 g/mol. The lowest BCUT2D eigenvalue weighted by Gasteiger charge is -2.58. The third kappa shape index (κ3) is 4.21. The van der Waals surface area contributed by atoms with Gasteiger partial charge in [-0.3, -0.25) is 9.59 Å². The van der Waals surface area contributed by atoms with Gasteiger partial charge in [0.1, 0.15) is 5.92 Å². The molecule has 1 aliphatic heterocycles. The molecule has 0 aromatic heterocycles. The number of rotatable bonds is 5. The number of likely N-dealkylation sites (tertiary alicyclic amines) is 1. The molecule has 0 spiro atoms. The number of allylic oxidation sites excluding steroid dienone is 2. The topological polar surface area (TPSA) is 40.6 Å². The number of hydrogen-bond acceptors (Lipinski definition) is 2. The first-order chi connectivity index (χ1) is 18.3. The summed E-state index contributed by atoms with van der Waals surface area (Å²) in [6, 6.07) is 20.3. The molecule has 38 heavy (non-hydrogen) atoms. The number of hydrogen-bond donors (Lipinski definition) is 0. The highest BCUT2D eigenvalue weighted by Gasteiger charge is 2.59. The fourth-order valence-electron chi connectivity index (χ4n) is 8.94. The van der Waals surface area contributed by atoms with Crippen LogP contribution in [0.15, 0.2) is 72.4 Å². The smallest absolute Gasteiger partial charge is 0.239 e. The van der Waals surface area contributed by atoms with Gasteiger partial charge in [-0.05, 0) is 72.8 Å². The predicted octanol–water partition coefficient (Wildman–Crippen LogP) is 6.82. The number of amides is 2. The zero-order chi connectivity index (χ0) is 26.5. The second-order valence-electron chi connectivity index (χ2n) is 13.0. The fourth-order valence-corrected chi connectivity index (χ4v) is 8.94. The van der Waals surface area contributed by atoms with E-state index in [1.165, 1.54) is 37.8 Å². The third-order valence-electron chi connectivity index (χ3n) is 10.9. The van der Waals surface area contributed by atoms with E-state index in [4.69, 9.17) is 0 Å². The van der Waals surface area contributed by atoms with Crippen molar-refractivity contribution in [1.82, 2.24) is 9.80 Å². The molecular weight excluding hydrogens is 468 g/mol. The molecular formula is C34H42N2O2. The Morgan fingerprint density at radius 1 is 0.921 bits per heavy atom. The minimum atomic E-state index is -0.634. The summed E-state index contributed by atoms with van der Waals surface area (Å²) in [6.45, 7) is 5.91. The standard InChI is InChI=1S/C34H42N2O2/c1-33-19-10-15-28(33)26-16-17-30-34(2,29(26)18-20-33)21-27(31(37)35(30)3)32(38)36(22-24-11-6-4-7-12-24)23-25-13-8-5-9-14-25/h4-9,11-14,17,26-29H,10,15-16,18-23H2,1-3H3/t26-,27?,28-,29+,33-,34+/m0/s1. The number of nitrogens with zero attached hydrogens (tertiary/aromatic N) is 2. The van der Waals surface area contributed by atoms with E-state index in [1.807, 2.05) is 53.2 Å². The Bertz CT molecular complexity index is 1180. The third-order valence-corrected chi connectivity index (χ3v) is 10.9. The van der Waals surface area contributed by atoms with Crippen LogP contribution >= 0.6 is 0 Å². The zero-order valence-electron chi connectivity index (χ0n) is 23.2. The van der Waals surface area contributed by atoms with E-state index in [0.717, 1.165) is 23.5 Å². The Kier molecular flexibility index (Phi) is 6.48. The molecule has 1 unspecified atom stereocenters. The van der Waals surface area contributed by atoms with Crippen LogP contribution in [0.3, 0.4) is 0 Å². The number of piperidine rings is 1. The molecule has 1 heterocycles. The van der Waals surface area contributed by atoms with Gasteiger partial charge in [-0.25, -0.2) is 0 Å². The maximum Gasteiger partial charge on any atom is 0.239 e. The molecule has 6 rings (SSSR count). The summed E-state index contributed by atoms with van der Waals surface area (Å²) in [7, 11) is 1.91.